The molecule has 26 heavy (non-hydrogen) atoms. The van der Waals surface area contributed by atoms with E-state index in [0.717, 1.165) is 38.1 Å². The maximum atomic E-state index is 13.1. The summed E-state index contributed by atoms with van der Waals surface area (Å²) in [5.74, 6) is 0. The van der Waals surface area contributed by atoms with E-state index in [4.69, 9.17) is 4.74 Å². The minimum absolute atomic E-state index is 0.00582. The molecule has 2 aromatic rings. The second-order valence-electron chi connectivity index (χ2n) is 6.74. The van der Waals surface area contributed by atoms with Crippen molar-refractivity contribution in [2.24, 2.45) is 0 Å². The second-order valence-corrected chi connectivity index (χ2v) is 6.74. The number of aromatic nitrogens is 2. The van der Waals surface area contributed by atoms with Crippen LogP contribution in [0.25, 0.3) is 11.0 Å². The number of imidazole rings is 1. The first-order valence-corrected chi connectivity index (χ1v) is 8.91. The largest absolute Gasteiger partial charge is 0.416 e. The molecule has 1 aliphatic heterocycles. The van der Waals surface area contributed by atoms with Crippen molar-refractivity contribution in [1.29, 1.82) is 0 Å². The Bertz CT molecular complexity index is 817. The Balaban J connectivity index is 2.09. The van der Waals surface area contributed by atoms with Crippen LogP contribution in [0.1, 0.15) is 31.4 Å². The topological polar surface area (TPSA) is 39.4 Å². The molecule has 0 bridgehead atoms. The minimum atomic E-state index is -4.44. The smallest absolute Gasteiger partial charge is 0.380 e. The molecule has 1 saturated heterocycles. The molecule has 0 amide bonds. The number of rotatable bonds is 5. The van der Waals surface area contributed by atoms with Crippen LogP contribution < -0.4 is 5.69 Å². The molecule has 2 heterocycles. The highest BCUT2D eigenvalue weighted by molar-refractivity contribution is 5.77. The molecule has 1 fully saturated rings. The third kappa shape index (κ3) is 3.66. The van der Waals surface area contributed by atoms with Gasteiger partial charge in [-0.2, -0.15) is 13.2 Å². The van der Waals surface area contributed by atoms with Crippen LogP contribution in [0.5, 0.6) is 0 Å². The van der Waals surface area contributed by atoms with E-state index < -0.39 is 11.7 Å². The third-order valence-electron chi connectivity index (χ3n) is 5.01. The van der Waals surface area contributed by atoms with Crippen molar-refractivity contribution in [2.45, 2.75) is 38.5 Å². The first-order chi connectivity index (χ1) is 12.3. The number of fused-ring (bicyclic) bond motifs is 1. The van der Waals surface area contributed by atoms with Crippen molar-refractivity contribution in [2.75, 3.05) is 33.4 Å². The van der Waals surface area contributed by atoms with Crippen molar-refractivity contribution in [3.63, 3.8) is 0 Å². The number of piperidine rings is 1. The van der Waals surface area contributed by atoms with E-state index in [1.54, 1.807) is 4.57 Å². The molecule has 0 aliphatic carbocycles. The first kappa shape index (κ1) is 19.0. The van der Waals surface area contributed by atoms with Gasteiger partial charge in [-0.15, -0.1) is 0 Å². The van der Waals surface area contributed by atoms with Gasteiger partial charge < -0.3 is 9.64 Å². The lowest BCUT2D eigenvalue weighted by Crippen LogP contribution is -2.36. The van der Waals surface area contributed by atoms with Gasteiger partial charge in [0.2, 0.25) is 0 Å². The van der Waals surface area contributed by atoms with Gasteiger partial charge in [-0.3, -0.25) is 9.13 Å². The van der Waals surface area contributed by atoms with Crippen molar-refractivity contribution < 1.29 is 17.9 Å². The van der Waals surface area contributed by atoms with Crippen LogP contribution in [-0.4, -0.2) is 47.4 Å². The van der Waals surface area contributed by atoms with E-state index in [1.807, 2.05) is 14.0 Å². The summed E-state index contributed by atoms with van der Waals surface area (Å²) in [4.78, 5) is 15.2. The average molecular weight is 371 g/mol. The zero-order valence-electron chi connectivity index (χ0n) is 15.1. The molecular weight excluding hydrogens is 347 g/mol. The summed E-state index contributed by atoms with van der Waals surface area (Å²) >= 11 is 0. The van der Waals surface area contributed by atoms with Gasteiger partial charge in [0.15, 0.2) is 0 Å². The normalized spacial score (nSPS) is 17.3. The average Bonchev–Trinajstić information content (AvgIpc) is 2.87. The van der Waals surface area contributed by atoms with Crippen LogP contribution in [0.15, 0.2) is 23.0 Å². The fourth-order valence-electron chi connectivity index (χ4n) is 3.58. The van der Waals surface area contributed by atoms with Gasteiger partial charge in [0, 0.05) is 12.6 Å². The molecule has 0 N–H and O–H groups in total. The number of hydrogen-bond donors (Lipinski definition) is 0. The maximum Gasteiger partial charge on any atom is 0.416 e. The summed E-state index contributed by atoms with van der Waals surface area (Å²) in [5.41, 5.74) is -0.109. The number of halogens is 3. The molecule has 5 nitrogen and oxygen atoms in total. The van der Waals surface area contributed by atoms with Crippen LogP contribution in [0.2, 0.25) is 0 Å². The van der Waals surface area contributed by atoms with Crippen LogP contribution >= 0.6 is 0 Å². The van der Waals surface area contributed by atoms with E-state index in [0.29, 0.717) is 24.2 Å². The van der Waals surface area contributed by atoms with Crippen molar-refractivity contribution in [1.82, 2.24) is 14.0 Å². The molecule has 1 aliphatic rings. The number of nitrogens with zero attached hydrogens (tertiary/aromatic N) is 3. The van der Waals surface area contributed by atoms with E-state index in [-0.39, 0.29) is 18.3 Å². The van der Waals surface area contributed by atoms with E-state index in [9.17, 15) is 18.0 Å². The Morgan fingerprint density at radius 2 is 1.88 bits per heavy atom. The molecule has 8 heteroatoms. The monoisotopic (exact) mass is 371 g/mol. The standard InChI is InChI=1S/C18H24F3N3O2/c1-3-26-11-10-23-16-12-13(18(19,20)21)4-5-15(16)24(17(23)25)14-6-8-22(2)9-7-14/h4-5,12,14H,3,6-11H2,1-2H3. The lowest BCUT2D eigenvalue weighted by molar-refractivity contribution is -0.137. The van der Waals surface area contributed by atoms with Gasteiger partial charge in [-0.25, -0.2) is 4.79 Å². The van der Waals surface area contributed by atoms with Crippen molar-refractivity contribution >= 4 is 11.0 Å². The SMILES string of the molecule is CCOCCn1c(=O)n(C2CCN(C)CC2)c2ccc(C(F)(F)F)cc21. The number of benzene rings is 1. The van der Waals surface area contributed by atoms with Gasteiger partial charge in [0.05, 0.1) is 29.7 Å². The molecule has 3 rings (SSSR count). The molecule has 0 spiro atoms. The van der Waals surface area contributed by atoms with E-state index in [2.05, 4.69) is 4.90 Å². The quantitative estimate of drug-likeness (QED) is 0.758. The lowest BCUT2D eigenvalue weighted by Gasteiger charge is -2.29. The molecule has 1 aromatic carbocycles. The summed E-state index contributed by atoms with van der Waals surface area (Å²) in [6.07, 6.45) is -2.82. The Labute approximate surface area is 150 Å². The zero-order valence-corrected chi connectivity index (χ0v) is 15.1. The summed E-state index contributed by atoms with van der Waals surface area (Å²) < 4.78 is 47.8. The predicted molar refractivity (Wildman–Crippen MR) is 93.5 cm³/mol. The maximum absolute atomic E-state index is 13.1. The predicted octanol–water partition coefficient (Wildman–Crippen LogP) is 3.13. The molecule has 1 aromatic heterocycles. The number of likely N-dealkylation sites (tertiary alicyclic amines) is 1. The van der Waals surface area contributed by atoms with Gasteiger partial charge in [0.25, 0.3) is 0 Å². The highest BCUT2D eigenvalue weighted by atomic mass is 19.4. The van der Waals surface area contributed by atoms with Gasteiger partial charge in [-0.05, 0) is 58.1 Å². The van der Waals surface area contributed by atoms with Crippen LogP contribution in [0.4, 0.5) is 13.2 Å². The van der Waals surface area contributed by atoms with E-state index >= 15 is 0 Å². The highest BCUT2D eigenvalue weighted by Gasteiger charge is 2.32. The van der Waals surface area contributed by atoms with Crippen LogP contribution in [0, 0.1) is 0 Å². The molecule has 0 unspecified atom stereocenters. The Kier molecular flexibility index (Phi) is 5.43. The molecule has 0 atom stereocenters. The fourth-order valence-corrected chi connectivity index (χ4v) is 3.58. The fraction of sp³-hybridized carbons (Fsp3) is 0.611. The Hall–Kier alpha value is -1.80. The van der Waals surface area contributed by atoms with Gasteiger partial charge >= 0.3 is 11.9 Å². The summed E-state index contributed by atoms with van der Waals surface area (Å²) in [7, 11) is 2.03. The Morgan fingerprint density at radius 1 is 1.19 bits per heavy atom. The Morgan fingerprint density at radius 3 is 2.50 bits per heavy atom. The first-order valence-electron chi connectivity index (χ1n) is 8.91. The lowest BCUT2D eigenvalue weighted by atomic mass is 10.0. The minimum Gasteiger partial charge on any atom is -0.380 e. The number of ether oxygens (including phenoxy) is 1. The van der Waals surface area contributed by atoms with Crippen LogP contribution in [0.3, 0.4) is 0 Å². The molecule has 0 saturated carbocycles. The zero-order chi connectivity index (χ0) is 18.9. The van der Waals surface area contributed by atoms with E-state index in [1.165, 1.54) is 10.6 Å². The highest BCUT2D eigenvalue weighted by Crippen LogP contribution is 2.32. The van der Waals surface area contributed by atoms with Crippen LogP contribution in [-0.2, 0) is 17.5 Å². The second kappa shape index (κ2) is 7.44. The van der Waals surface area contributed by atoms with Crippen molar-refractivity contribution in [3.05, 3.63) is 34.2 Å². The summed E-state index contributed by atoms with van der Waals surface area (Å²) in [6, 6.07) is 3.56. The number of hydrogen-bond acceptors (Lipinski definition) is 3. The van der Waals surface area contributed by atoms with Gasteiger partial charge in [0.1, 0.15) is 0 Å². The van der Waals surface area contributed by atoms with Gasteiger partial charge in [-0.1, -0.05) is 0 Å². The summed E-state index contributed by atoms with van der Waals surface area (Å²) in [5, 5.41) is 0. The third-order valence-corrected chi connectivity index (χ3v) is 5.01. The van der Waals surface area contributed by atoms with Crippen molar-refractivity contribution in [3.8, 4) is 0 Å². The molecular formula is C18H24F3N3O2. The number of alkyl halides is 3. The molecule has 144 valence electrons. The molecule has 0 radical (unpaired) electrons. The summed E-state index contributed by atoms with van der Waals surface area (Å²) in [6.45, 7) is 4.60.